The first-order chi connectivity index (χ1) is 20.2. The van der Waals surface area contributed by atoms with Crippen molar-refractivity contribution in [1.29, 1.82) is 0 Å². The zero-order chi connectivity index (χ0) is 30.5. The van der Waals surface area contributed by atoms with Gasteiger partial charge in [-0.25, -0.2) is 4.79 Å². The summed E-state index contributed by atoms with van der Waals surface area (Å²) in [5.74, 6) is -1.43. The van der Waals surface area contributed by atoms with Crippen LogP contribution in [0.15, 0.2) is 30.3 Å². The number of hydrogen-bond acceptors (Lipinski definition) is 8. The van der Waals surface area contributed by atoms with Gasteiger partial charge < -0.3 is 31.1 Å². The van der Waals surface area contributed by atoms with E-state index >= 15 is 0 Å². The van der Waals surface area contributed by atoms with Crippen molar-refractivity contribution in [1.82, 2.24) is 21.3 Å². The van der Waals surface area contributed by atoms with Crippen LogP contribution in [-0.2, 0) is 30.3 Å². The Morgan fingerprint density at radius 3 is 2.26 bits per heavy atom. The summed E-state index contributed by atoms with van der Waals surface area (Å²) in [5, 5.41) is 22.7. The number of esters is 1. The summed E-state index contributed by atoms with van der Waals surface area (Å²) in [5.41, 5.74) is 0.877. The van der Waals surface area contributed by atoms with Gasteiger partial charge in [-0.15, -0.1) is 0 Å². The van der Waals surface area contributed by atoms with Crippen LogP contribution in [0.25, 0.3) is 0 Å². The van der Waals surface area contributed by atoms with Crippen molar-refractivity contribution >= 4 is 35.5 Å². The van der Waals surface area contributed by atoms with Crippen LogP contribution < -0.4 is 21.3 Å². The number of hydrogen-bond donors (Lipinski definition) is 5. The van der Waals surface area contributed by atoms with Gasteiger partial charge >= 0.3 is 5.97 Å². The summed E-state index contributed by atoms with van der Waals surface area (Å²) in [6.07, 6.45) is 7.47. The van der Waals surface area contributed by atoms with Gasteiger partial charge in [0, 0.05) is 12.2 Å². The lowest BCUT2D eigenvalue weighted by molar-refractivity contribution is -0.159. The highest BCUT2D eigenvalue weighted by molar-refractivity contribution is 7.98. The van der Waals surface area contributed by atoms with Crippen molar-refractivity contribution < 1.29 is 29.0 Å². The summed E-state index contributed by atoms with van der Waals surface area (Å²) < 4.78 is 5.24. The van der Waals surface area contributed by atoms with E-state index in [4.69, 9.17) is 4.74 Å². The summed E-state index contributed by atoms with van der Waals surface area (Å²) in [6.45, 7) is 4.16. The van der Waals surface area contributed by atoms with E-state index in [1.54, 1.807) is 13.8 Å². The molecule has 11 heteroatoms. The number of carbonyl (C=O) groups is 4. The van der Waals surface area contributed by atoms with Crippen LogP contribution in [0.5, 0.6) is 0 Å². The third kappa shape index (κ3) is 10.9. The predicted octanol–water partition coefficient (Wildman–Crippen LogP) is 2.08. The molecule has 1 aromatic carbocycles. The number of nitrogens with one attached hydrogen (secondary N) is 4. The van der Waals surface area contributed by atoms with Crippen molar-refractivity contribution in [2.75, 3.05) is 18.6 Å². The molecule has 2 aliphatic rings. The standard InChI is InChI=1S/C31H48N4O6S/c1-20(2)41-31(40)27(36)24(17-21-11-6-4-7-12-21)33-30(39)26(19-42-3)35-29(38)25(18-22-13-8-5-9-14-22)34-28(37)23-15-10-16-32-23/h5,8-9,13-14,20-21,23-27,32,36H,4,6-7,10-12,15-19H2,1-3H3,(H,33,39)(H,34,37)(H,35,38)/t23-,24-,25-,26-,27+/m0/s1. The lowest BCUT2D eigenvalue weighted by Gasteiger charge is -2.31. The SMILES string of the molecule is CSC[C@H](NC(=O)[C@H](Cc1ccccc1)NC(=O)[C@@H]1CCCN1)C(=O)N[C@@H](CC1CCCCC1)[C@@H](O)C(=O)OC(C)C. The Morgan fingerprint density at radius 1 is 0.952 bits per heavy atom. The largest absolute Gasteiger partial charge is 0.461 e. The number of benzene rings is 1. The van der Waals surface area contributed by atoms with Crippen LogP contribution >= 0.6 is 11.8 Å². The van der Waals surface area contributed by atoms with Crippen LogP contribution in [-0.4, -0.2) is 83.7 Å². The molecule has 0 bridgehead atoms. The molecule has 3 rings (SSSR count). The first kappa shape index (κ1) is 33.9. The maximum atomic E-state index is 13.6. The summed E-state index contributed by atoms with van der Waals surface area (Å²) >= 11 is 1.39. The van der Waals surface area contributed by atoms with Crippen LogP contribution in [0.2, 0.25) is 0 Å². The minimum absolute atomic E-state index is 0.242. The van der Waals surface area contributed by atoms with E-state index in [1.807, 2.05) is 36.6 Å². The van der Waals surface area contributed by atoms with Gasteiger partial charge in [0.25, 0.3) is 0 Å². The molecule has 5 atom stereocenters. The maximum absolute atomic E-state index is 13.6. The fourth-order valence-electron chi connectivity index (χ4n) is 5.66. The lowest BCUT2D eigenvalue weighted by atomic mass is 9.83. The first-order valence-electron chi connectivity index (χ1n) is 15.2. The van der Waals surface area contributed by atoms with E-state index in [0.29, 0.717) is 12.8 Å². The molecule has 1 saturated heterocycles. The molecule has 1 aromatic rings. The van der Waals surface area contributed by atoms with Gasteiger partial charge in [-0.2, -0.15) is 11.8 Å². The van der Waals surface area contributed by atoms with Gasteiger partial charge in [-0.05, 0) is 57.4 Å². The van der Waals surface area contributed by atoms with Crippen LogP contribution in [0.4, 0.5) is 0 Å². The Labute approximate surface area is 253 Å². The number of aliphatic hydroxyl groups is 1. The first-order valence-corrected chi connectivity index (χ1v) is 16.6. The maximum Gasteiger partial charge on any atom is 0.337 e. The average Bonchev–Trinajstić information content (AvgIpc) is 3.52. The van der Waals surface area contributed by atoms with Gasteiger partial charge in [0.15, 0.2) is 6.10 Å². The number of amides is 3. The third-order valence-electron chi connectivity index (χ3n) is 7.87. The van der Waals surface area contributed by atoms with Crippen molar-refractivity contribution in [2.45, 2.75) is 108 Å². The highest BCUT2D eigenvalue weighted by atomic mass is 32.2. The van der Waals surface area contributed by atoms with E-state index in [0.717, 1.165) is 50.6 Å². The molecule has 2 fully saturated rings. The van der Waals surface area contributed by atoms with Crippen molar-refractivity contribution in [3.8, 4) is 0 Å². The minimum Gasteiger partial charge on any atom is -0.461 e. The number of ether oxygens (including phenoxy) is 1. The molecule has 1 aliphatic heterocycles. The Bertz CT molecular complexity index is 1010. The van der Waals surface area contributed by atoms with E-state index in [2.05, 4.69) is 21.3 Å². The fourth-order valence-corrected chi connectivity index (χ4v) is 6.23. The van der Waals surface area contributed by atoms with E-state index < -0.39 is 48.1 Å². The smallest absolute Gasteiger partial charge is 0.337 e. The quantitative estimate of drug-likeness (QED) is 0.191. The van der Waals surface area contributed by atoms with Gasteiger partial charge in [0.1, 0.15) is 12.1 Å². The molecular formula is C31H48N4O6S. The molecule has 0 aromatic heterocycles. The molecule has 1 aliphatic carbocycles. The molecular weight excluding hydrogens is 556 g/mol. The average molecular weight is 605 g/mol. The lowest BCUT2D eigenvalue weighted by Crippen LogP contribution is -2.59. The normalized spacial score (nSPS) is 20.3. The second-order valence-electron chi connectivity index (χ2n) is 11.7. The number of aliphatic hydroxyl groups excluding tert-OH is 1. The number of rotatable bonds is 15. The summed E-state index contributed by atoms with van der Waals surface area (Å²) in [4.78, 5) is 52.7. The molecule has 42 heavy (non-hydrogen) atoms. The molecule has 234 valence electrons. The number of thioether (sulfide) groups is 1. The fraction of sp³-hybridized carbons (Fsp3) is 0.677. The van der Waals surface area contributed by atoms with Gasteiger partial charge in [-0.1, -0.05) is 62.4 Å². The number of carbonyl (C=O) groups excluding carboxylic acids is 4. The zero-order valence-corrected chi connectivity index (χ0v) is 25.9. The Kier molecular flexibility index (Phi) is 14.1. The highest BCUT2D eigenvalue weighted by Crippen LogP contribution is 2.28. The van der Waals surface area contributed by atoms with Crippen LogP contribution in [0.1, 0.15) is 70.8 Å². The van der Waals surface area contributed by atoms with Crippen molar-refractivity contribution in [3.63, 3.8) is 0 Å². The molecule has 1 saturated carbocycles. The second-order valence-corrected chi connectivity index (χ2v) is 12.6. The second kappa shape index (κ2) is 17.5. The topological polar surface area (TPSA) is 146 Å². The van der Waals surface area contributed by atoms with Gasteiger partial charge in [0.2, 0.25) is 17.7 Å². The summed E-state index contributed by atoms with van der Waals surface area (Å²) in [7, 11) is 0. The molecule has 5 N–H and O–H groups in total. The Balaban J connectivity index is 1.73. The zero-order valence-electron chi connectivity index (χ0n) is 25.1. The van der Waals surface area contributed by atoms with Gasteiger partial charge in [-0.3, -0.25) is 14.4 Å². The summed E-state index contributed by atoms with van der Waals surface area (Å²) in [6, 6.07) is 6.38. The van der Waals surface area contributed by atoms with Crippen molar-refractivity contribution in [2.24, 2.45) is 5.92 Å². The Morgan fingerprint density at radius 2 is 1.64 bits per heavy atom. The predicted molar refractivity (Wildman–Crippen MR) is 164 cm³/mol. The molecule has 1 heterocycles. The van der Waals surface area contributed by atoms with E-state index in [9.17, 15) is 24.3 Å². The minimum atomic E-state index is -1.52. The molecule has 10 nitrogen and oxygen atoms in total. The Hall–Kier alpha value is -2.63. The molecule has 3 amide bonds. The van der Waals surface area contributed by atoms with Crippen molar-refractivity contribution in [3.05, 3.63) is 35.9 Å². The monoisotopic (exact) mass is 604 g/mol. The molecule has 0 spiro atoms. The van der Waals surface area contributed by atoms with E-state index in [1.165, 1.54) is 11.8 Å². The molecule has 0 radical (unpaired) electrons. The highest BCUT2D eigenvalue weighted by Gasteiger charge is 2.35. The van der Waals surface area contributed by atoms with Gasteiger partial charge in [0.05, 0.1) is 18.2 Å². The van der Waals surface area contributed by atoms with Crippen LogP contribution in [0.3, 0.4) is 0 Å². The van der Waals surface area contributed by atoms with Crippen LogP contribution in [0, 0.1) is 5.92 Å². The third-order valence-corrected chi connectivity index (χ3v) is 8.54. The molecule has 0 unspecified atom stereocenters. The van der Waals surface area contributed by atoms with E-state index in [-0.39, 0.29) is 30.0 Å².